The van der Waals surface area contributed by atoms with Gasteiger partial charge in [-0.3, -0.25) is 0 Å². The van der Waals surface area contributed by atoms with E-state index in [9.17, 15) is 0 Å². The summed E-state index contributed by atoms with van der Waals surface area (Å²) in [6, 6.07) is 91.4. The second-order valence-corrected chi connectivity index (χ2v) is 29.3. The van der Waals surface area contributed by atoms with Crippen molar-refractivity contribution in [2.24, 2.45) is 0 Å². The van der Waals surface area contributed by atoms with Crippen molar-refractivity contribution < 1.29 is 0 Å². The van der Waals surface area contributed by atoms with Gasteiger partial charge in [-0.2, -0.15) is 0 Å². The lowest BCUT2D eigenvalue weighted by Crippen LogP contribution is -2.50. The summed E-state index contributed by atoms with van der Waals surface area (Å²) in [6.07, 6.45) is 0. The predicted octanol–water partition coefficient (Wildman–Crippen LogP) is 16.5. The molecule has 0 aliphatic carbocycles. The van der Waals surface area contributed by atoms with Crippen LogP contribution >= 0.6 is 0 Å². The van der Waals surface area contributed by atoms with E-state index in [1.165, 1.54) is 120 Å². The van der Waals surface area contributed by atoms with Crippen LogP contribution in [0.4, 0.5) is 34.1 Å². The molecule has 0 atom stereocenters. The molecule has 0 N–H and O–H groups in total. The van der Waals surface area contributed by atoms with Crippen LogP contribution in [-0.4, -0.2) is 16.1 Å². The van der Waals surface area contributed by atoms with Crippen LogP contribution < -0.4 is 30.5 Å². The summed E-state index contributed by atoms with van der Waals surface area (Å²) in [6.45, 7) is 10.2. The third-order valence-corrected chi connectivity index (χ3v) is 23.2. The summed E-state index contributed by atoms with van der Waals surface area (Å²) in [7, 11) is -4.35. The Balaban J connectivity index is 1.13. The first-order valence-electron chi connectivity index (χ1n) is 25.4. The summed E-state index contributed by atoms with van der Waals surface area (Å²) in [5.74, 6) is 0. The van der Waals surface area contributed by atoms with Crippen molar-refractivity contribution in [1.29, 1.82) is 0 Å². The summed E-state index contributed by atoms with van der Waals surface area (Å²) >= 11 is 0. The van der Waals surface area contributed by atoms with E-state index < -0.39 is 16.1 Å². The van der Waals surface area contributed by atoms with E-state index in [-0.39, 0.29) is 0 Å². The fraction of sp³-hybridized carbons (Fsp3) is 0.0588. The smallest absolute Gasteiger partial charge is 0.116 e. The molecule has 2 aliphatic heterocycles. The summed E-state index contributed by atoms with van der Waals surface area (Å²) in [5, 5.41) is 13.5. The van der Waals surface area contributed by atoms with Crippen molar-refractivity contribution in [3.8, 4) is 44.5 Å². The molecule has 0 radical (unpaired) electrons. The van der Waals surface area contributed by atoms with Gasteiger partial charge >= 0.3 is 0 Å². The third kappa shape index (κ3) is 6.19. The fourth-order valence-corrected chi connectivity index (χ4v) is 19.8. The van der Waals surface area contributed by atoms with Crippen LogP contribution in [-0.2, 0) is 0 Å². The highest BCUT2D eigenvalue weighted by Crippen LogP contribution is 2.53. The maximum Gasteiger partial charge on any atom is 0.116 e. The molecule has 14 rings (SSSR count). The molecule has 2 heterocycles. The molecule has 0 saturated carbocycles. The van der Waals surface area contributed by atoms with Crippen molar-refractivity contribution in [3.05, 3.63) is 243 Å². The fourth-order valence-electron chi connectivity index (χ4n) is 13.0. The van der Waals surface area contributed by atoms with Crippen LogP contribution in [0.5, 0.6) is 0 Å². The molecule has 342 valence electrons. The minimum atomic E-state index is -2.18. The highest BCUT2D eigenvalue weighted by molar-refractivity contribution is 7.05. The first-order chi connectivity index (χ1) is 35.3. The van der Waals surface area contributed by atoms with Gasteiger partial charge in [0, 0.05) is 44.3 Å². The first kappa shape index (κ1) is 42.6. The van der Waals surface area contributed by atoms with E-state index in [1.807, 2.05) is 0 Å². The van der Waals surface area contributed by atoms with Gasteiger partial charge in [-0.05, 0) is 125 Å². The molecule has 4 heteroatoms. The second kappa shape index (κ2) is 16.1. The van der Waals surface area contributed by atoms with Crippen LogP contribution in [0.2, 0.25) is 26.2 Å². The van der Waals surface area contributed by atoms with Crippen LogP contribution in [0.25, 0.3) is 76.8 Å². The highest BCUT2D eigenvalue weighted by Gasteiger charge is 2.42. The predicted molar refractivity (Wildman–Crippen MR) is 315 cm³/mol. The van der Waals surface area contributed by atoms with Crippen LogP contribution in [0.3, 0.4) is 0 Å². The molecule has 2 aliphatic rings. The van der Waals surface area contributed by atoms with Crippen molar-refractivity contribution in [3.63, 3.8) is 0 Å². The molecule has 0 spiro atoms. The largest absolute Gasteiger partial charge is 0.310 e. The Morgan fingerprint density at radius 1 is 0.264 bits per heavy atom. The standard InChI is InChI=1S/C68H52N2Si2/c1-71(2)63-37-19-17-31-49(63)53-33-21-35-59(67(53)71)69(47-27-13-7-14-28-47)61-43-57(45-23-9-5-10-24-45)51-40-42-56-62(44-58(46-25-11-6-12-26-46)52-39-41-55(61)65(51)66(52)56)70(48-29-15-8-16-30-48)60-36-22-34-54-50-32-18-20-38-64(50)72(3,4)68(54)60/h5-44H,1-4H3. The van der Waals surface area contributed by atoms with Gasteiger partial charge in [0.2, 0.25) is 0 Å². The van der Waals surface area contributed by atoms with Crippen molar-refractivity contribution in [2.75, 3.05) is 9.80 Å². The van der Waals surface area contributed by atoms with Crippen molar-refractivity contribution in [2.45, 2.75) is 26.2 Å². The minimum Gasteiger partial charge on any atom is -0.310 e. The number of hydrogen-bond donors (Lipinski definition) is 0. The molecule has 72 heavy (non-hydrogen) atoms. The summed E-state index contributed by atoms with van der Waals surface area (Å²) in [5.41, 5.74) is 17.5. The molecule has 0 unspecified atom stereocenters. The van der Waals surface area contributed by atoms with E-state index >= 15 is 0 Å². The van der Waals surface area contributed by atoms with E-state index in [0.717, 1.165) is 11.4 Å². The van der Waals surface area contributed by atoms with E-state index in [1.54, 1.807) is 0 Å². The van der Waals surface area contributed by atoms with Gasteiger partial charge in [0.25, 0.3) is 0 Å². The quantitative estimate of drug-likeness (QED) is 0.111. The normalized spacial score (nSPS) is 13.8. The Kier molecular flexibility index (Phi) is 9.54. The second-order valence-electron chi connectivity index (χ2n) is 20.8. The van der Waals surface area contributed by atoms with Gasteiger partial charge in [-0.1, -0.05) is 220 Å². The number of nitrogens with zero attached hydrogens (tertiary/aromatic N) is 2. The van der Waals surface area contributed by atoms with Crippen molar-refractivity contribution in [1.82, 2.24) is 0 Å². The SMILES string of the molecule is C[Si]1(C)c2ccccc2-c2cccc(N(c3ccccc3)c3cc(-c4ccccc4)c4ccc5c(N(c6ccccc6)c6cccc7c6[Si](C)(C)c6ccccc6-7)cc(-c6ccccc6)c6ccc3c4c65)c21. The molecule has 2 nitrogen and oxygen atoms in total. The molecule has 0 saturated heterocycles. The number of fused-ring (bicyclic) bond motifs is 6. The lowest BCUT2D eigenvalue weighted by Gasteiger charge is -2.34. The zero-order chi connectivity index (χ0) is 48.3. The maximum atomic E-state index is 2.60. The third-order valence-electron chi connectivity index (χ3n) is 16.1. The maximum absolute atomic E-state index is 2.60. The minimum absolute atomic E-state index is 1.15. The molecule has 12 aromatic carbocycles. The molecule has 0 fully saturated rings. The van der Waals surface area contributed by atoms with Crippen LogP contribution in [0, 0.1) is 0 Å². The van der Waals surface area contributed by atoms with E-state index in [0.29, 0.717) is 0 Å². The Morgan fingerprint density at radius 3 is 1.00 bits per heavy atom. The topological polar surface area (TPSA) is 6.48 Å². The molecule has 0 bridgehead atoms. The number of hydrogen-bond acceptors (Lipinski definition) is 2. The Labute approximate surface area is 424 Å². The Morgan fingerprint density at radius 2 is 0.597 bits per heavy atom. The number of benzene rings is 12. The zero-order valence-corrected chi connectivity index (χ0v) is 43.0. The molecule has 0 amide bonds. The molecular formula is C68H52N2Si2. The van der Waals surface area contributed by atoms with Gasteiger partial charge in [0.1, 0.15) is 16.1 Å². The number of rotatable bonds is 8. The van der Waals surface area contributed by atoms with Gasteiger partial charge in [0.15, 0.2) is 0 Å². The lowest BCUT2D eigenvalue weighted by atomic mass is 9.85. The molecule has 0 aromatic heterocycles. The van der Waals surface area contributed by atoms with Gasteiger partial charge in [-0.15, -0.1) is 0 Å². The summed E-state index contributed by atoms with van der Waals surface area (Å²) < 4.78 is 0. The molecular weight excluding hydrogens is 901 g/mol. The first-order valence-corrected chi connectivity index (χ1v) is 31.4. The summed E-state index contributed by atoms with van der Waals surface area (Å²) in [4.78, 5) is 5.20. The number of para-hydroxylation sites is 2. The van der Waals surface area contributed by atoms with Crippen molar-refractivity contribution >= 4 is 103 Å². The number of anilines is 6. The highest BCUT2D eigenvalue weighted by atomic mass is 28.3. The van der Waals surface area contributed by atoms with Crippen LogP contribution in [0.15, 0.2) is 243 Å². The van der Waals surface area contributed by atoms with Crippen LogP contribution in [0.1, 0.15) is 0 Å². The van der Waals surface area contributed by atoms with Gasteiger partial charge < -0.3 is 9.80 Å². The average molecular weight is 953 g/mol. The van der Waals surface area contributed by atoms with E-state index in [2.05, 4.69) is 279 Å². The molecule has 12 aromatic rings. The van der Waals surface area contributed by atoms with Gasteiger partial charge in [0.05, 0.1) is 11.4 Å². The van der Waals surface area contributed by atoms with Gasteiger partial charge in [-0.25, -0.2) is 0 Å². The Bertz CT molecular complexity index is 3820. The lowest BCUT2D eigenvalue weighted by molar-refractivity contribution is 1.31. The average Bonchev–Trinajstić information content (AvgIpc) is 3.82. The zero-order valence-electron chi connectivity index (χ0n) is 41.0. The Hall–Kier alpha value is -8.29. The monoisotopic (exact) mass is 952 g/mol. The van der Waals surface area contributed by atoms with E-state index in [4.69, 9.17) is 0 Å².